The highest BCUT2D eigenvalue weighted by atomic mass is 35.5. The lowest BCUT2D eigenvalue weighted by Crippen LogP contribution is -2.20. The summed E-state index contributed by atoms with van der Waals surface area (Å²) >= 11 is 5.99. The van der Waals surface area contributed by atoms with Gasteiger partial charge in [-0.2, -0.15) is 13.2 Å². The van der Waals surface area contributed by atoms with Gasteiger partial charge in [-0.25, -0.2) is 9.78 Å². The summed E-state index contributed by atoms with van der Waals surface area (Å²) in [6.07, 6.45) is -4.64. The van der Waals surface area contributed by atoms with E-state index in [1.807, 2.05) is 0 Å². The van der Waals surface area contributed by atoms with Crippen molar-refractivity contribution < 1.29 is 22.7 Å². The number of halogens is 4. The van der Waals surface area contributed by atoms with E-state index >= 15 is 0 Å². The molecule has 1 aromatic heterocycles. The number of anilines is 2. The Balaban J connectivity index is 1.89. The predicted octanol–water partition coefficient (Wildman–Crippen LogP) is 5.56. The first kappa shape index (κ1) is 18.8. The van der Waals surface area contributed by atoms with Gasteiger partial charge < -0.3 is 15.4 Å². The van der Waals surface area contributed by atoms with Crippen LogP contribution in [-0.4, -0.2) is 18.1 Å². The zero-order valence-electron chi connectivity index (χ0n) is 13.9. The van der Waals surface area contributed by atoms with Gasteiger partial charge in [0.25, 0.3) is 0 Å². The van der Waals surface area contributed by atoms with Crippen LogP contribution in [0.15, 0.2) is 48.5 Å². The quantitative estimate of drug-likeness (QED) is 0.610. The van der Waals surface area contributed by atoms with Gasteiger partial charge in [0.1, 0.15) is 11.4 Å². The molecular formula is C18H13ClF3N3O2. The molecule has 0 aliphatic carbocycles. The molecule has 0 saturated heterocycles. The summed E-state index contributed by atoms with van der Waals surface area (Å²) in [5.74, 6) is 0.428. The van der Waals surface area contributed by atoms with Crippen LogP contribution in [0.5, 0.6) is 5.75 Å². The Morgan fingerprint density at radius 1 is 1.11 bits per heavy atom. The van der Waals surface area contributed by atoms with Crippen LogP contribution in [0.3, 0.4) is 0 Å². The fourth-order valence-corrected chi connectivity index (χ4v) is 2.71. The van der Waals surface area contributed by atoms with Crippen molar-refractivity contribution in [2.24, 2.45) is 0 Å². The van der Waals surface area contributed by atoms with Gasteiger partial charge in [-0.1, -0.05) is 29.8 Å². The molecule has 0 bridgehead atoms. The van der Waals surface area contributed by atoms with E-state index < -0.39 is 17.9 Å². The molecule has 27 heavy (non-hydrogen) atoms. The Hall–Kier alpha value is -3.00. The lowest BCUT2D eigenvalue weighted by molar-refractivity contribution is -0.140. The first-order chi connectivity index (χ1) is 12.8. The molecule has 0 aliphatic heterocycles. The number of aromatic nitrogens is 1. The van der Waals surface area contributed by atoms with Crippen LogP contribution in [-0.2, 0) is 6.18 Å². The summed E-state index contributed by atoms with van der Waals surface area (Å²) in [5, 5.41) is 5.61. The SMILES string of the molecule is COc1ccc(NC(=O)Nc2cc(C(F)(F)F)nc3ccccc23)cc1Cl. The molecule has 3 aromatic rings. The molecule has 0 fully saturated rings. The minimum Gasteiger partial charge on any atom is -0.495 e. The van der Waals surface area contributed by atoms with Crippen molar-refractivity contribution in [3.63, 3.8) is 0 Å². The number of urea groups is 1. The molecule has 9 heteroatoms. The van der Waals surface area contributed by atoms with Crippen molar-refractivity contribution in [3.05, 3.63) is 59.2 Å². The van der Waals surface area contributed by atoms with E-state index in [2.05, 4.69) is 15.6 Å². The maximum atomic E-state index is 13.1. The first-order valence-electron chi connectivity index (χ1n) is 7.66. The van der Waals surface area contributed by atoms with Gasteiger partial charge in [0.2, 0.25) is 0 Å². The molecule has 0 radical (unpaired) electrons. The molecule has 0 unspecified atom stereocenters. The fraction of sp³-hybridized carbons (Fsp3) is 0.111. The van der Waals surface area contributed by atoms with Crippen LogP contribution in [0.2, 0.25) is 5.02 Å². The largest absolute Gasteiger partial charge is 0.495 e. The minimum absolute atomic E-state index is 0.00923. The average molecular weight is 396 g/mol. The van der Waals surface area contributed by atoms with Crippen molar-refractivity contribution in [2.75, 3.05) is 17.7 Å². The topological polar surface area (TPSA) is 63.2 Å². The van der Waals surface area contributed by atoms with Gasteiger partial charge in [0.05, 0.1) is 23.3 Å². The number of pyridine rings is 1. The van der Waals surface area contributed by atoms with Crippen LogP contribution in [0.25, 0.3) is 10.9 Å². The second kappa shape index (κ2) is 7.32. The monoisotopic (exact) mass is 395 g/mol. The lowest BCUT2D eigenvalue weighted by atomic mass is 10.1. The minimum atomic E-state index is -4.64. The number of nitrogens with zero attached hydrogens (tertiary/aromatic N) is 1. The van der Waals surface area contributed by atoms with Crippen LogP contribution in [0.1, 0.15) is 5.69 Å². The number of rotatable bonds is 3. The van der Waals surface area contributed by atoms with E-state index in [1.165, 1.54) is 19.2 Å². The Bertz CT molecular complexity index is 1010. The molecule has 2 amide bonds. The summed E-state index contributed by atoms with van der Waals surface area (Å²) in [6.45, 7) is 0. The molecule has 0 aliphatic rings. The van der Waals surface area contributed by atoms with Crippen molar-refractivity contribution in [3.8, 4) is 5.75 Å². The number of fused-ring (bicyclic) bond motifs is 1. The predicted molar refractivity (Wildman–Crippen MR) is 97.4 cm³/mol. The van der Waals surface area contributed by atoms with Gasteiger partial charge in [-0.05, 0) is 30.3 Å². The molecule has 2 N–H and O–H groups in total. The number of hydrogen-bond acceptors (Lipinski definition) is 3. The summed E-state index contributed by atoms with van der Waals surface area (Å²) in [5.41, 5.74) is -0.628. The van der Waals surface area contributed by atoms with Gasteiger partial charge in [0, 0.05) is 11.1 Å². The van der Waals surface area contributed by atoms with E-state index in [1.54, 1.807) is 30.3 Å². The highest BCUT2D eigenvalue weighted by Gasteiger charge is 2.33. The van der Waals surface area contributed by atoms with E-state index in [9.17, 15) is 18.0 Å². The summed E-state index contributed by atoms with van der Waals surface area (Å²) < 4.78 is 44.3. The molecule has 1 heterocycles. The van der Waals surface area contributed by atoms with Crippen molar-refractivity contribution in [2.45, 2.75) is 6.18 Å². The van der Waals surface area contributed by atoms with Crippen LogP contribution >= 0.6 is 11.6 Å². The Labute approximate surface area is 157 Å². The molecule has 0 spiro atoms. The third-order valence-electron chi connectivity index (χ3n) is 3.66. The standard InChI is InChI=1S/C18H13ClF3N3O2/c1-27-15-7-6-10(8-12(15)19)23-17(26)25-14-9-16(18(20,21)22)24-13-5-3-2-4-11(13)14/h2-9H,1H3,(H2,23,24,25,26). The van der Waals surface area contributed by atoms with Crippen molar-refractivity contribution in [1.29, 1.82) is 0 Å². The van der Waals surface area contributed by atoms with Crippen molar-refractivity contribution >= 4 is 39.9 Å². The van der Waals surface area contributed by atoms with E-state index in [0.717, 1.165) is 6.07 Å². The number of alkyl halides is 3. The Kier molecular flexibility index (Phi) is 5.09. The highest BCUT2D eigenvalue weighted by molar-refractivity contribution is 6.32. The van der Waals surface area contributed by atoms with Crippen LogP contribution in [0, 0.1) is 0 Å². The van der Waals surface area contributed by atoms with Crippen molar-refractivity contribution in [1.82, 2.24) is 4.98 Å². The molecular weight excluding hydrogens is 383 g/mol. The second-order valence-electron chi connectivity index (χ2n) is 5.50. The third kappa shape index (κ3) is 4.22. The molecule has 0 atom stereocenters. The van der Waals surface area contributed by atoms with Crippen LogP contribution < -0.4 is 15.4 Å². The first-order valence-corrected chi connectivity index (χ1v) is 8.04. The van der Waals surface area contributed by atoms with Gasteiger partial charge in [0.15, 0.2) is 0 Å². The van der Waals surface area contributed by atoms with E-state index in [-0.39, 0.29) is 16.2 Å². The number of nitrogens with one attached hydrogen (secondary N) is 2. The van der Waals surface area contributed by atoms with Gasteiger partial charge >= 0.3 is 12.2 Å². The smallest absolute Gasteiger partial charge is 0.433 e. The summed E-state index contributed by atoms with van der Waals surface area (Å²) in [6, 6.07) is 10.9. The number of ether oxygens (including phenoxy) is 1. The Morgan fingerprint density at radius 2 is 1.85 bits per heavy atom. The zero-order valence-corrected chi connectivity index (χ0v) is 14.7. The molecule has 3 rings (SSSR count). The van der Waals surface area contributed by atoms with E-state index in [0.29, 0.717) is 16.8 Å². The number of carbonyl (C=O) groups is 1. The molecule has 0 saturated carbocycles. The number of amides is 2. The summed E-state index contributed by atoms with van der Waals surface area (Å²) in [4.78, 5) is 15.9. The third-order valence-corrected chi connectivity index (χ3v) is 3.96. The van der Waals surface area contributed by atoms with Crippen LogP contribution in [0.4, 0.5) is 29.3 Å². The van der Waals surface area contributed by atoms with Gasteiger partial charge in [-0.15, -0.1) is 0 Å². The number of hydrogen-bond donors (Lipinski definition) is 2. The number of methoxy groups -OCH3 is 1. The molecule has 140 valence electrons. The fourth-order valence-electron chi connectivity index (χ4n) is 2.45. The summed E-state index contributed by atoms with van der Waals surface area (Å²) in [7, 11) is 1.45. The maximum absolute atomic E-state index is 13.1. The second-order valence-corrected chi connectivity index (χ2v) is 5.91. The average Bonchev–Trinajstić information content (AvgIpc) is 2.61. The highest BCUT2D eigenvalue weighted by Crippen LogP contribution is 2.33. The zero-order chi connectivity index (χ0) is 19.6. The molecule has 2 aromatic carbocycles. The maximum Gasteiger partial charge on any atom is 0.433 e. The number of para-hydroxylation sites is 1. The molecule has 5 nitrogen and oxygen atoms in total. The normalized spacial score (nSPS) is 11.3. The van der Waals surface area contributed by atoms with Gasteiger partial charge in [-0.3, -0.25) is 0 Å². The van der Waals surface area contributed by atoms with E-state index in [4.69, 9.17) is 16.3 Å². The lowest BCUT2D eigenvalue weighted by Gasteiger charge is -2.13. The number of carbonyl (C=O) groups excluding carboxylic acids is 1. The Morgan fingerprint density at radius 3 is 2.52 bits per heavy atom. The number of benzene rings is 2.